The van der Waals surface area contributed by atoms with E-state index < -0.39 is 0 Å². The molecule has 0 fully saturated rings. The van der Waals surface area contributed by atoms with Gasteiger partial charge in [0.2, 0.25) is 0 Å². The SMILES string of the molecule is CCCCn1c(CN(Cc2ccccc2)Cc2ccc(OC)cc2)cnc1-c1ccccc1. The molecule has 4 heteroatoms. The molecule has 0 N–H and O–H groups in total. The number of unbranched alkanes of at least 4 members (excludes halogenated alkanes) is 1. The quantitative estimate of drug-likeness (QED) is 0.265. The minimum Gasteiger partial charge on any atom is -0.497 e. The van der Waals surface area contributed by atoms with Gasteiger partial charge in [0.15, 0.2) is 0 Å². The van der Waals surface area contributed by atoms with Crippen molar-refractivity contribution in [1.82, 2.24) is 14.5 Å². The largest absolute Gasteiger partial charge is 0.497 e. The number of hydrogen-bond acceptors (Lipinski definition) is 3. The van der Waals surface area contributed by atoms with Crippen LogP contribution in [0.25, 0.3) is 11.4 Å². The van der Waals surface area contributed by atoms with Crippen molar-refractivity contribution in [2.45, 2.75) is 45.9 Å². The average molecular weight is 440 g/mol. The molecule has 4 aromatic rings. The number of methoxy groups -OCH3 is 1. The van der Waals surface area contributed by atoms with Crippen LogP contribution in [-0.2, 0) is 26.2 Å². The van der Waals surface area contributed by atoms with Gasteiger partial charge >= 0.3 is 0 Å². The first kappa shape index (κ1) is 22.8. The number of ether oxygens (including phenoxy) is 1. The lowest BCUT2D eigenvalue weighted by Gasteiger charge is -2.24. The van der Waals surface area contributed by atoms with E-state index in [9.17, 15) is 0 Å². The maximum Gasteiger partial charge on any atom is 0.140 e. The summed E-state index contributed by atoms with van der Waals surface area (Å²) in [7, 11) is 1.71. The fraction of sp³-hybridized carbons (Fsp3) is 0.276. The van der Waals surface area contributed by atoms with Crippen molar-refractivity contribution in [2.75, 3.05) is 7.11 Å². The molecule has 1 aromatic heterocycles. The van der Waals surface area contributed by atoms with Crippen molar-refractivity contribution >= 4 is 0 Å². The molecule has 0 radical (unpaired) electrons. The standard InChI is InChI=1S/C29H33N3O/c1-3-4-19-32-27(20-30-29(32)26-13-9-6-10-14-26)23-31(21-24-11-7-5-8-12-24)22-25-15-17-28(33-2)18-16-25/h5-18,20H,3-4,19,21-23H2,1-2H3. The fourth-order valence-corrected chi connectivity index (χ4v) is 4.15. The van der Waals surface area contributed by atoms with Crippen molar-refractivity contribution in [3.8, 4) is 17.1 Å². The van der Waals surface area contributed by atoms with E-state index in [1.54, 1.807) is 7.11 Å². The van der Waals surface area contributed by atoms with Gasteiger partial charge in [0.25, 0.3) is 0 Å². The highest BCUT2D eigenvalue weighted by molar-refractivity contribution is 5.55. The van der Waals surface area contributed by atoms with Gasteiger partial charge in [-0.05, 0) is 29.7 Å². The van der Waals surface area contributed by atoms with Crippen molar-refractivity contribution in [3.05, 3.63) is 108 Å². The summed E-state index contributed by atoms with van der Waals surface area (Å²) in [5.74, 6) is 1.95. The fourth-order valence-electron chi connectivity index (χ4n) is 4.15. The summed E-state index contributed by atoms with van der Waals surface area (Å²) in [4.78, 5) is 7.34. The molecule has 4 nitrogen and oxygen atoms in total. The number of imidazole rings is 1. The van der Waals surface area contributed by atoms with E-state index in [4.69, 9.17) is 9.72 Å². The van der Waals surface area contributed by atoms with Crippen LogP contribution >= 0.6 is 0 Å². The molecule has 0 saturated carbocycles. The van der Waals surface area contributed by atoms with Crippen LogP contribution in [0, 0.1) is 0 Å². The van der Waals surface area contributed by atoms with Crippen LogP contribution in [0.15, 0.2) is 91.1 Å². The summed E-state index contributed by atoms with van der Waals surface area (Å²) in [6.45, 7) is 5.80. The Kier molecular flexibility index (Phi) is 7.94. The van der Waals surface area contributed by atoms with Crippen molar-refractivity contribution in [2.24, 2.45) is 0 Å². The highest BCUT2D eigenvalue weighted by Crippen LogP contribution is 2.23. The van der Waals surface area contributed by atoms with Gasteiger partial charge in [0, 0.05) is 31.7 Å². The first-order valence-corrected chi connectivity index (χ1v) is 11.8. The summed E-state index contributed by atoms with van der Waals surface area (Å²) in [5, 5.41) is 0. The summed E-state index contributed by atoms with van der Waals surface area (Å²) in [5.41, 5.74) is 5.01. The first-order valence-electron chi connectivity index (χ1n) is 11.8. The predicted molar refractivity (Wildman–Crippen MR) is 135 cm³/mol. The molecule has 0 saturated heterocycles. The molecule has 0 aliphatic carbocycles. The monoisotopic (exact) mass is 439 g/mol. The molecular formula is C29H33N3O. The highest BCUT2D eigenvalue weighted by Gasteiger charge is 2.16. The van der Waals surface area contributed by atoms with E-state index >= 15 is 0 Å². The number of rotatable bonds is 11. The Bertz CT molecular complexity index is 1100. The number of aromatic nitrogens is 2. The van der Waals surface area contributed by atoms with E-state index in [0.29, 0.717) is 0 Å². The topological polar surface area (TPSA) is 30.3 Å². The lowest BCUT2D eigenvalue weighted by Crippen LogP contribution is -2.24. The maximum atomic E-state index is 5.34. The number of benzene rings is 3. The van der Waals surface area contributed by atoms with Gasteiger partial charge in [-0.25, -0.2) is 4.98 Å². The molecule has 0 atom stereocenters. The van der Waals surface area contributed by atoms with Crippen molar-refractivity contribution in [1.29, 1.82) is 0 Å². The molecule has 0 aliphatic rings. The molecule has 0 spiro atoms. The van der Waals surface area contributed by atoms with Crippen molar-refractivity contribution < 1.29 is 4.74 Å². The Hall–Kier alpha value is -3.37. The van der Waals surface area contributed by atoms with Gasteiger partial charge in [-0.3, -0.25) is 4.90 Å². The molecule has 3 aromatic carbocycles. The Balaban J connectivity index is 1.62. The van der Waals surface area contributed by atoms with Gasteiger partial charge < -0.3 is 9.30 Å². The summed E-state index contributed by atoms with van der Waals surface area (Å²) >= 11 is 0. The smallest absolute Gasteiger partial charge is 0.140 e. The Labute approximate surface area is 197 Å². The number of hydrogen-bond donors (Lipinski definition) is 0. The molecule has 4 rings (SSSR count). The van der Waals surface area contributed by atoms with Crippen LogP contribution in [0.4, 0.5) is 0 Å². The Morgan fingerprint density at radius 3 is 2.06 bits per heavy atom. The summed E-state index contributed by atoms with van der Waals surface area (Å²) in [6.07, 6.45) is 4.36. The van der Waals surface area contributed by atoms with Gasteiger partial charge in [0.1, 0.15) is 11.6 Å². The molecule has 0 unspecified atom stereocenters. The zero-order chi connectivity index (χ0) is 22.9. The van der Waals surface area contributed by atoms with Crippen LogP contribution in [0.5, 0.6) is 5.75 Å². The normalized spacial score (nSPS) is 11.1. The Morgan fingerprint density at radius 2 is 1.42 bits per heavy atom. The second-order valence-corrected chi connectivity index (χ2v) is 8.42. The van der Waals surface area contributed by atoms with E-state index in [1.165, 1.54) is 22.4 Å². The molecule has 0 bridgehead atoms. The van der Waals surface area contributed by atoms with E-state index in [2.05, 4.69) is 95.4 Å². The van der Waals surface area contributed by atoms with Crippen LogP contribution < -0.4 is 4.74 Å². The molecule has 33 heavy (non-hydrogen) atoms. The lowest BCUT2D eigenvalue weighted by atomic mass is 10.1. The number of nitrogens with zero attached hydrogens (tertiary/aromatic N) is 3. The molecule has 1 heterocycles. The minimum absolute atomic E-state index is 0.838. The molecule has 170 valence electrons. The average Bonchev–Trinajstić information content (AvgIpc) is 3.26. The third-order valence-corrected chi connectivity index (χ3v) is 5.91. The van der Waals surface area contributed by atoms with E-state index in [-0.39, 0.29) is 0 Å². The second kappa shape index (κ2) is 11.5. The van der Waals surface area contributed by atoms with Crippen LogP contribution in [0.2, 0.25) is 0 Å². The molecule has 0 amide bonds. The van der Waals surface area contributed by atoms with Gasteiger partial charge in [-0.15, -0.1) is 0 Å². The summed E-state index contributed by atoms with van der Waals surface area (Å²) < 4.78 is 7.75. The van der Waals surface area contributed by atoms with Crippen molar-refractivity contribution in [3.63, 3.8) is 0 Å². The van der Waals surface area contributed by atoms with Crippen LogP contribution in [-0.4, -0.2) is 21.6 Å². The maximum absolute atomic E-state index is 5.34. The van der Waals surface area contributed by atoms with Gasteiger partial charge in [0.05, 0.1) is 19.0 Å². The molecular weight excluding hydrogens is 406 g/mol. The minimum atomic E-state index is 0.838. The Morgan fingerprint density at radius 1 is 0.788 bits per heavy atom. The lowest BCUT2D eigenvalue weighted by molar-refractivity contribution is 0.241. The first-order chi connectivity index (χ1) is 16.3. The van der Waals surface area contributed by atoms with Gasteiger partial charge in [-0.1, -0.05) is 86.1 Å². The zero-order valence-electron chi connectivity index (χ0n) is 19.7. The zero-order valence-corrected chi connectivity index (χ0v) is 19.7. The van der Waals surface area contributed by atoms with Gasteiger partial charge in [-0.2, -0.15) is 0 Å². The predicted octanol–water partition coefficient (Wildman–Crippen LogP) is 6.56. The second-order valence-electron chi connectivity index (χ2n) is 8.42. The van der Waals surface area contributed by atoms with Crippen LogP contribution in [0.1, 0.15) is 36.6 Å². The third kappa shape index (κ3) is 6.11. The summed E-state index contributed by atoms with van der Waals surface area (Å²) in [6, 6.07) is 29.6. The van der Waals surface area contributed by atoms with E-state index in [1.807, 2.05) is 12.1 Å². The van der Waals surface area contributed by atoms with E-state index in [0.717, 1.165) is 50.6 Å². The van der Waals surface area contributed by atoms with Crippen LogP contribution in [0.3, 0.4) is 0 Å². The third-order valence-electron chi connectivity index (χ3n) is 5.91. The highest BCUT2D eigenvalue weighted by atomic mass is 16.5. The molecule has 0 aliphatic heterocycles.